The molecule has 2 heterocycles. The van der Waals surface area contributed by atoms with Crippen molar-refractivity contribution in [3.63, 3.8) is 0 Å². The Labute approximate surface area is 146 Å². The Kier molecular flexibility index (Phi) is 5.26. The molecule has 0 aliphatic heterocycles. The van der Waals surface area contributed by atoms with Gasteiger partial charge in [0, 0.05) is 18.4 Å². The first kappa shape index (κ1) is 17.0. The maximum absolute atomic E-state index is 12.7. The van der Waals surface area contributed by atoms with E-state index in [0.29, 0.717) is 10.8 Å². The predicted molar refractivity (Wildman–Crippen MR) is 94.2 cm³/mol. The van der Waals surface area contributed by atoms with Gasteiger partial charge in [0.1, 0.15) is 4.88 Å². The van der Waals surface area contributed by atoms with E-state index in [9.17, 15) is 9.90 Å². The van der Waals surface area contributed by atoms with E-state index < -0.39 is 0 Å². The topological polar surface area (TPSA) is 75.1 Å². The highest BCUT2D eigenvalue weighted by molar-refractivity contribution is 7.13. The maximum Gasteiger partial charge on any atom is 0.263 e. The van der Waals surface area contributed by atoms with Crippen molar-refractivity contribution in [1.82, 2.24) is 15.3 Å². The second kappa shape index (κ2) is 7.40. The van der Waals surface area contributed by atoms with Crippen molar-refractivity contribution >= 4 is 17.2 Å². The van der Waals surface area contributed by atoms with E-state index in [-0.39, 0.29) is 18.1 Å². The number of aliphatic hydroxyl groups excluding tert-OH is 1. The average molecular weight is 345 g/mol. The van der Waals surface area contributed by atoms with Crippen LogP contribution in [0.15, 0.2) is 24.5 Å². The Morgan fingerprint density at radius 3 is 2.71 bits per heavy atom. The van der Waals surface area contributed by atoms with Gasteiger partial charge in [0.2, 0.25) is 0 Å². The van der Waals surface area contributed by atoms with E-state index in [1.165, 1.54) is 11.3 Å². The number of rotatable bonds is 6. The lowest BCUT2D eigenvalue weighted by molar-refractivity contribution is 0.0239. The summed E-state index contributed by atoms with van der Waals surface area (Å²) in [5.41, 5.74) is 1.94. The van der Waals surface area contributed by atoms with Crippen LogP contribution in [-0.2, 0) is 12.8 Å². The average Bonchev–Trinajstić information content (AvgIpc) is 2.93. The molecular formula is C18H23N3O2S. The first-order valence-electron chi connectivity index (χ1n) is 8.41. The molecule has 0 radical (unpaired) electrons. The summed E-state index contributed by atoms with van der Waals surface area (Å²) in [4.78, 5) is 21.9. The van der Waals surface area contributed by atoms with Crippen molar-refractivity contribution in [3.05, 3.63) is 45.7 Å². The molecule has 1 aliphatic carbocycles. The molecular weight excluding hydrogens is 322 g/mol. The fourth-order valence-corrected chi connectivity index (χ4v) is 4.02. The number of carbonyl (C=O) groups is 1. The predicted octanol–water partition coefficient (Wildman–Crippen LogP) is 2.52. The molecule has 1 amide bonds. The molecule has 128 valence electrons. The highest BCUT2D eigenvalue weighted by Gasteiger charge is 2.35. The summed E-state index contributed by atoms with van der Waals surface area (Å²) in [5.74, 6) is 0.265. The molecule has 24 heavy (non-hydrogen) atoms. The molecule has 1 aliphatic rings. The summed E-state index contributed by atoms with van der Waals surface area (Å²) in [6.45, 7) is 3.93. The third kappa shape index (κ3) is 3.82. The maximum atomic E-state index is 12.7. The van der Waals surface area contributed by atoms with E-state index in [4.69, 9.17) is 0 Å². The largest absolute Gasteiger partial charge is 0.393 e. The molecule has 6 heteroatoms. The molecule has 1 fully saturated rings. The van der Waals surface area contributed by atoms with Gasteiger partial charge in [-0.25, -0.2) is 4.98 Å². The molecule has 5 nitrogen and oxygen atoms in total. The minimum Gasteiger partial charge on any atom is -0.393 e. The summed E-state index contributed by atoms with van der Waals surface area (Å²) in [7, 11) is 0. The van der Waals surface area contributed by atoms with Crippen LogP contribution in [0.25, 0.3) is 0 Å². The Morgan fingerprint density at radius 1 is 1.42 bits per heavy atom. The van der Waals surface area contributed by atoms with Crippen LogP contribution >= 0.6 is 11.3 Å². The van der Waals surface area contributed by atoms with Crippen LogP contribution in [0.1, 0.15) is 45.7 Å². The molecule has 0 bridgehead atoms. The number of aliphatic hydroxyl groups is 1. The number of hydrogen-bond donors (Lipinski definition) is 2. The number of thiazole rings is 1. The van der Waals surface area contributed by atoms with Gasteiger partial charge in [0.05, 0.1) is 16.8 Å². The van der Waals surface area contributed by atoms with Crippen molar-refractivity contribution in [2.75, 3.05) is 0 Å². The first-order chi connectivity index (χ1) is 11.6. The Balaban J connectivity index is 1.73. The minimum absolute atomic E-state index is 0.0230. The number of hydrogen-bond acceptors (Lipinski definition) is 5. The zero-order chi connectivity index (χ0) is 17.1. The Hall–Kier alpha value is -1.79. The smallest absolute Gasteiger partial charge is 0.263 e. The highest BCUT2D eigenvalue weighted by Crippen LogP contribution is 2.32. The third-order valence-corrected chi connectivity index (χ3v) is 5.89. The molecule has 0 unspecified atom stereocenters. The van der Waals surface area contributed by atoms with Gasteiger partial charge in [-0.3, -0.25) is 9.78 Å². The third-order valence-electron chi connectivity index (χ3n) is 4.59. The van der Waals surface area contributed by atoms with E-state index in [0.717, 1.165) is 41.9 Å². The number of carbonyl (C=O) groups excluding carboxylic acids is 1. The van der Waals surface area contributed by atoms with E-state index in [1.807, 2.05) is 26.0 Å². The van der Waals surface area contributed by atoms with Gasteiger partial charge < -0.3 is 10.4 Å². The normalized spacial score (nSPS) is 21.1. The molecule has 2 N–H and O–H groups in total. The first-order valence-corrected chi connectivity index (χ1v) is 9.22. The zero-order valence-electron chi connectivity index (χ0n) is 14.0. The van der Waals surface area contributed by atoms with Crippen LogP contribution in [0.2, 0.25) is 0 Å². The van der Waals surface area contributed by atoms with Crippen LogP contribution < -0.4 is 5.32 Å². The molecule has 2 aromatic rings. The van der Waals surface area contributed by atoms with Crippen LogP contribution in [0.5, 0.6) is 0 Å². The molecule has 1 saturated carbocycles. The Morgan fingerprint density at radius 2 is 2.12 bits per heavy atom. The second-order valence-corrected chi connectivity index (χ2v) is 7.48. The van der Waals surface area contributed by atoms with Crippen LogP contribution in [0, 0.1) is 12.8 Å². The monoisotopic (exact) mass is 345 g/mol. The fourth-order valence-electron chi connectivity index (χ4n) is 3.11. The highest BCUT2D eigenvalue weighted by atomic mass is 32.1. The SMILES string of the molecule is CCc1nc(C)c(C(=O)N[C@H](Cc2ccncc2)C2CC(O)C2)s1. The van der Waals surface area contributed by atoms with E-state index in [1.54, 1.807) is 12.4 Å². The summed E-state index contributed by atoms with van der Waals surface area (Å²) in [5, 5.41) is 13.8. The number of nitrogens with one attached hydrogen (secondary N) is 1. The molecule has 3 rings (SSSR count). The van der Waals surface area contributed by atoms with Crippen molar-refractivity contribution in [2.45, 2.75) is 51.7 Å². The standard InChI is InChI=1S/C18H23N3O2S/c1-3-16-20-11(2)17(24-16)18(23)21-15(13-9-14(22)10-13)8-12-4-6-19-7-5-12/h4-7,13-15,22H,3,8-10H2,1-2H3,(H,21,23)/t13?,14?,15-/m1/s1. The summed E-state index contributed by atoms with van der Waals surface area (Å²) in [6.07, 6.45) is 6.40. The van der Waals surface area contributed by atoms with E-state index >= 15 is 0 Å². The van der Waals surface area contributed by atoms with Crippen LogP contribution in [0.3, 0.4) is 0 Å². The van der Waals surface area contributed by atoms with Gasteiger partial charge in [0.25, 0.3) is 5.91 Å². The number of pyridine rings is 1. The van der Waals surface area contributed by atoms with E-state index in [2.05, 4.69) is 15.3 Å². The quantitative estimate of drug-likeness (QED) is 0.843. The summed E-state index contributed by atoms with van der Waals surface area (Å²) >= 11 is 1.47. The number of nitrogens with zero attached hydrogens (tertiary/aromatic N) is 2. The lowest BCUT2D eigenvalue weighted by Gasteiger charge is -2.38. The van der Waals surface area contributed by atoms with Crippen molar-refractivity contribution in [3.8, 4) is 0 Å². The number of aryl methyl sites for hydroxylation is 2. The van der Waals surface area contributed by atoms with Gasteiger partial charge in [-0.2, -0.15) is 0 Å². The lowest BCUT2D eigenvalue weighted by atomic mass is 9.75. The molecule has 0 spiro atoms. The van der Waals surface area contributed by atoms with Gasteiger partial charge in [-0.15, -0.1) is 11.3 Å². The zero-order valence-corrected chi connectivity index (χ0v) is 14.8. The molecule has 2 aromatic heterocycles. The second-order valence-electron chi connectivity index (χ2n) is 6.40. The molecule has 0 aromatic carbocycles. The van der Waals surface area contributed by atoms with Gasteiger partial charge in [-0.05, 0) is 56.2 Å². The molecule has 1 atom stereocenters. The number of amides is 1. The van der Waals surface area contributed by atoms with Crippen LogP contribution in [0.4, 0.5) is 0 Å². The number of aromatic nitrogens is 2. The fraction of sp³-hybridized carbons (Fsp3) is 0.500. The van der Waals surface area contributed by atoms with Gasteiger partial charge in [-0.1, -0.05) is 6.92 Å². The Bertz CT molecular complexity index is 696. The van der Waals surface area contributed by atoms with Crippen molar-refractivity contribution < 1.29 is 9.90 Å². The van der Waals surface area contributed by atoms with Gasteiger partial charge in [0.15, 0.2) is 0 Å². The minimum atomic E-state index is -0.233. The summed E-state index contributed by atoms with van der Waals surface area (Å²) in [6, 6.07) is 3.97. The van der Waals surface area contributed by atoms with Gasteiger partial charge >= 0.3 is 0 Å². The van der Waals surface area contributed by atoms with Crippen LogP contribution in [-0.4, -0.2) is 33.1 Å². The summed E-state index contributed by atoms with van der Waals surface area (Å²) < 4.78 is 0. The molecule has 0 saturated heterocycles. The van der Waals surface area contributed by atoms with Crippen molar-refractivity contribution in [2.24, 2.45) is 5.92 Å². The lowest BCUT2D eigenvalue weighted by Crippen LogP contribution is -2.48. The van der Waals surface area contributed by atoms with Crippen molar-refractivity contribution in [1.29, 1.82) is 0 Å².